The number of hydrogen-bond acceptors (Lipinski definition) is 1. The summed E-state index contributed by atoms with van der Waals surface area (Å²) in [5, 5.41) is 3.58. The minimum atomic E-state index is -0.125. The Labute approximate surface area is 103 Å². The van der Waals surface area contributed by atoms with Gasteiger partial charge >= 0.3 is 0 Å². The Hall–Kier alpha value is -1.05. The van der Waals surface area contributed by atoms with Crippen LogP contribution in [0.15, 0.2) is 18.2 Å². The standard InChI is InChI=1S/C15H22FN/c1-10-5-4-6-11(2)15(10)17-13-7-8-14(16)12(3)9-13/h7-11,15,17H,4-6H2,1-3H3. The highest BCUT2D eigenvalue weighted by Gasteiger charge is 2.27. The zero-order chi connectivity index (χ0) is 12.4. The zero-order valence-electron chi connectivity index (χ0n) is 11.0. The number of rotatable bonds is 2. The highest BCUT2D eigenvalue weighted by atomic mass is 19.1. The van der Waals surface area contributed by atoms with Crippen LogP contribution in [0.5, 0.6) is 0 Å². The average molecular weight is 235 g/mol. The second-order valence-electron chi connectivity index (χ2n) is 5.52. The van der Waals surface area contributed by atoms with E-state index >= 15 is 0 Å². The van der Waals surface area contributed by atoms with Crippen LogP contribution < -0.4 is 5.32 Å². The normalized spacial score (nSPS) is 29.1. The van der Waals surface area contributed by atoms with E-state index < -0.39 is 0 Å². The first-order valence-corrected chi connectivity index (χ1v) is 6.60. The van der Waals surface area contributed by atoms with Crippen LogP contribution in [0.3, 0.4) is 0 Å². The molecule has 0 amide bonds. The number of anilines is 1. The van der Waals surface area contributed by atoms with Crippen LogP contribution in [-0.2, 0) is 0 Å². The van der Waals surface area contributed by atoms with E-state index in [9.17, 15) is 4.39 Å². The van der Waals surface area contributed by atoms with Crippen molar-refractivity contribution < 1.29 is 4.39 Å². The molecule has 2 unspecified atom stereocenters. The van der Waals surface area contributed by atoms with Gasteiger partial charge in [0.1, 0.15) is 5.82 Å². The maximum Gasteiger partial charge on any atom is 0.126 e. The fourth-order valence-electron chi connectivity index (χ4n) is 2.89. The molecule has 0 spiro atoms. The molecule has 0 bridgehead atoms. The fourth-order valence-corrected chi connectivity index (χ4v) is 2.89. The number of aryl methyl sites for hydroxylation is 1. The van der Waals surface area contributed by atoms with Gasteiger partial charge in [-0.25, -0.2) is 4.39 Å². The SMILES string of the molecule is Cc1cc(NC2C(C)CCCC2C)ccc1F. The monoisotopic (exact) mass is 235 g/mol. The molecule has 2 atom stereocenters. The molecule has 1 aliphatic carbocycles. The second kappa shape index (κ2) is 5.07. The molecular weight excluding hydrogens is 213 g/mol. The fraction of sp³-hybridized carbons (Fsp3) is 0.600. The molecule has 0 aliphatic heterocycles. The third-order valence-corrected chi connectivity index (χ3v) is 4.04. The minimum Gasteiger partial charge on any atom is -0.382 e. The van der Waals surface area contributed by atoms with Crippen molar-refractivity contribution in [3.8, 4) is 0 Å². The van der Waals surface area contributed by atoms with Crippen molar-refractivity contribution in [1.82, 2.24) is 0 Å². The molecule has 1 aromatic rings. The number of halogens is 1. The van der Waals surface area contributed by atoms with Crippen molar-refractivity contribution >= 4 is 5.69 Å². The van der Waals surface area contributed by atoms with Crippen molar-refractivity contribution in [2.24, 2.45) is 11.8 Å². The Morgan fingerprint density at radius 3 is 2.41 bits per heavy atom. The van der Waals surface area contributed by atoms with Crippen molar-refractivity contribution in [3.05, 3.63) is 29.6 Å². The molecule has 1 nitrogen and oxygen atoms in total. The molecule has 0 heterocycles. The number of hydrogen-bond donors (Lipinski definition) is 1. The third-order valence-electron chi connectivity index (χ3n) is 4.04. The van der Waals surface area contributed by atoms with Gasteiger partial charge in [0, 0.05) is 11.7 Å². The van der Waals surface area contributed by atoms with E-state index in [-0.39, 0.29) is 5.82 Å². The van der Waals surface area contributed by atoms with Crippen LogP contribution in [0.2, 0.25) is 0 Å². The third kappa shape index (κ3) is 2.80. The van der Waals surface area contributed by atoms with Gasteiger partial charge in [-0.05, 0) is 55.4 Å². The molecule has 1 saturated carbocycles. The first kappa shape index (κ1) is 12.4. The summed E-state index contributed by atoms with van der Waals surface area (Å²) in [6, 6.07) is 5.82. The Morgan fingerprint density at radius 1 is 1.18 bits per heavy atom. The summed E-state index contributed by atoms with van der Waals surface area (Å²) >= 11 is 0. The van der Waals surface area contributed by atoms with Gasteiger partial charge in [0.25, 0.3) is 0 Å². The largest absolute Gasteiger partial charge is 0.382 e. The molecule has 1 fully saturated rings. The van der Waals surface area contributed by atoms with Crippen LogP contribution in [0.1, 0.15) is 38.7 Å². The van der Waals surface area contributed by atoms with Gasteiger partial charge in [-0.2, -0.15) is 0 Å². The molecule has 1 aromatic carbocycles. The predicted molar refractivity (Wildman–Crippen MR) is 70.7 cm³/mol. The summed E-state index contributed by atoms with van der Waals surface area (Å²) in [4.78, 5) is 0. The lowest BCUT2D eigenvalue weighted by Gasteiger charge is -2.36. The molecule has 0 aromatic heterocycles. The lowest BCUT2D eigenvalue weighted by molar-refractivity contribution is 0.268. The maximum absolute atomic E-state index is 13.2. The van der Waals surface area contributed by atoms with Crippen molar-refractivity contribution in [3.63, 3.8) is 0 Å². The first-order valence-electron chi connectivity index (χ1n) is 6.60. The van der Waals surface area contributed by atoms with E-state index in [0.29, 0.717) is 23.4 Å². The number of nitrogens with one attached hydrogen (secondary N) is 1. The molecule has 0 saturated heterocycles. The smallest absolute Gasteiger partial charge is 0.126 e. The van der Waals surface area contributed by atoms with E-state index in [1.54, 1.807) is 6.07 Å². The lowest BCUT2D eigenvalue weighted by Crippen LogP contribution is -2.37. The molecule has 17 heavy (non-hydrogen) atoms. The van der Waals surface area contributed by atoms with E-state index in [1.807, 2.05) is 19.1 Å². The lowest BCUT2D eigenvalue weighted by atomic mass is 9.78. The summed E-state index contributed by atoms with van der Waals surface area (Å²) in [5.74, 6) is 1.27. The summed E-state index contributed by atoms with van der Waals surface area (Å²) in [7, 11) is 0. The topological polar surface area (TPSA) is 12.0 Å². The highest BCUT2D eigenvalue weighted by Crippen LogP contribution is 2.31. The second-order valence-corrected chi connectivity index (χ2v) is 5.52. The van der Waals surface area contributed by atoms with Gasteiger partial charge in [0.15, 0.2) is 0 Å². The van der Waals surface area contributed by atoms with Gasteiger partial charge < -0.3 is 5.32 Å². The highest BCUT2D eigenvalue weighted by molar-refractivity contribution is 5.47. The quantitative estimate of drug-likeness (QED) is 0.802. The summed E-state index contributed by atoms with van der Waals surface area (Å²) in [6.07, 6.45) is 3.92. The van der Waals surface area contributed by atoms with Gasteiger partial charge in [-0.3, -0.25) is 0 Å². The average Bonchev–Trinajstić information content (AvgIpc) is 2.28. The summed E-state index contributed by atoms with van der Waals surface area (Å²) in [6.45, 7) is 6.43. The molecular formula is C15H22FN. The van der Waals surface area contributed by atoms with Crippen molar-refractivity contribution in [2.75, 3.05) is 5.32 Å². The molecule has 1 aliphatic rings. The van der Waals surface area contributed by atoms with Crippen LogP contribution in [0.4, 0.5) is 10.1 Å². The maximum atomic E-state index is 13.2. The van der Waals surface area contributed by atoms with Gasteiger partial charge in [0.05, 0.1) is 0 Å². The van der Waals surface area contributed by atoms with Crippen LogP contribution >= 0.6 is 0 Å². The van der Waals surface area contributed by atoms with E-state index in [4.69, 9.17) is 0 Å². The van der Waals surface area contributed by atoms with E-state index in [1.165, 1.54) is 19.3 Å². The van der Waals surface area contributed by atoms with Crippen molar-refractivity contribution in [2.45, 2.75) is 46.1 Å². The molecule has 1 N–H and O–H groups in total. The number of benzene rings is 1. The molecule has 94 valence electrons. The van der Waals surface area contributed by atoms with Gasteiger partial charge in [0.2, 0.25) is 0 Å². The summed E-state index contributed by atoms with van der Waals surface area (Å²) < 4.78 is 13.2. The van der Waals surface area contributed by atoms with E-state index in [2.05, 4.69) is 19.2 Å². The molecule has 2 rings (SSSR count). The molecule has 0 radical (unpaired) electrons. The minimum absolute atomic E-state index is 0.125. The Bertz CT molecular complexity index is 379. The molecule has 2 heteroatoms. The first-order chi connectivity index (χ1) is 8.08. The Balaban J connectivity index is 2.10. The Kier molecular flexibility index (Phi) is 3.70. The van der Waals surface area contributed by atoms with E-state index in [0.717, 1.165) is 5.69 Å². The van der Waals surface area contributed by atoms with Crippen molar-refractivity contribution in [1.29, 1.82) is 0 Å². The van der Waals surface area contributed by atoms with Gasteiger partial charge in [-0.1, -0.05) is 20.3 Å². The van der Waals surface area contributed by atoms with Crippen LogP contribution in [0, 0.1) is 24.6 Å². The van der Waals surface area contributed by atoms with Crippen LogP contribution in [-0.4, -0.2) is 6.04 Å². The van der Waals surface area contributed by atoms with Crippen LogP contribution in [0.25, 0.3) is 0 Å². The zero-order valence-corrected chi connectivity index (χ0v) is 11.0. The predicted octanol–water partition coefficient (Wildman–Crippen LogP) is 4.37. The van der Waals surface area contributed by atoms with Gasteiger partial charge in [-0.15, -0.1) is 0 Å². The summed E-state index contributed by atoms with van der Waals surface area (Å²) in [5.41, 5.74) is 1.76. The Morgan fingerprint density at radius 2 is 1.82 bits per heavy atom.